The molecule has 28 heavy (non-hydrogen) atoms. The number of benzene rings is 2. The Labute approximate surface area is 164 Å². The van der Waals surface area contributed by atoms with Crippen LogP contribution >= 0.6 is 0 Å². The molecule has 1 aromatic heterocycles. The molecule has 5 heteroatoms. The van der Waals surface area contributed by atoms with Gasteiger partial charge in [0.1, 0.15) is 0 Å². The number of amides is 1. The molecule has 0 spiro atoms. The summed E-state index contributed by atoms with van der Waals surface area (Å²) in [7, 11) is 0. The molecule has 5 nitrogen and oxygen atoms in total. The molecule has 1 saturated heterocycles. The Balaban J connectivity index is 1.85. The monoisotopic (exact) mass is 373 g/mol. The summed E-state index contributed by atoms with van der Waals surface area (Å²) in [5, 5.41) is 2.98. The lowest BCUT2D eigenvalue weighted by atomic mass is 10.1. The average molecular weight is 373 g/mol. The van der Waals surface area contributed by atoms with Gasteiger partial charge in [-0.05, 0) is 44.0 Å². The van der Waals surface area contributed by atoms with Crippen molar-refractivity contribution < 1.29 is 4.79 Å². The van der Waals surface area contributed by atoms with E-state index in [0.29, 0.717) is 11.3 Å². The molecule has 1 N–H and O–H groups in total. The molecular weight excluding hydrogens is 350 g/mol. The lowest BCUT2D eigenvalue weighted by Gasteiger charge is -2.24. The molecule has 1 aliphatic heterocycles. The number of carbonyl (C=O) groups excluding carboxylic acids is 1. The zero-order valence-electron chi connectivity index (χ0n) is 15.9. The van der Waals surface area contributed by atoms with Crippen LogP contribution in [0.1, 0.15) is 28.9 Å². The maximum atomic E-state index is 13.3. The van der Waals surface area contributed by atoms with Crippen LogP contribution in [0, 0.1) is 6.92 Å². The third kappa shape index (κ3) is 3.43. The summed E-state index contributed by atoms with van der Waals surface area (Å²) < 4.78 is 1.61. The summed E-state index contributed by atoms with van der Waals surface area (Å²) in [5.41, 5.74) is 3.29. The van der Waals surface area contributed by atoms with E-state index in [0.717, 1.165) is 43.0 Å². The van der Waals surface area contributed by atoms with Crippen molar-refractivity contribution >= 4 is 17.3 Å². The Morgan fingerprint density at radius 1 is 0.929 bits per heavy atom. The van der Waals surface area contributed by atoms with Crippen LogP contribution in [0.3, 0.4) is 0 Å². The molecule has 2 aromatic carbocycles. The average Bonchev–Trinajstić information content (AvgIpc) is 3.24. The minimum absolute atomic E-state index is 0.123. The van der Waals surface area contributed by atoms with Gasteiger partial charge in [0.25, 0.3) is 11.5 Å². The second-order valence-corrected chi connectivity index (χ2v) is 7.01. The Hall–Kier alpha value is -3.34. The van der Waals surface area contributed by atoms with Crippen LogP contribution in [-0.2, 0) is 0 Å². The second-order valence-electron chi connectivity index (χ2n) is 7.01. The molecule has 4 rings (SSSR count). The van der Waals surface area contributed by atoms with Gasteiger partial charge in [-0.3, -0.25) is 14.2 Å². The fourth-order valence-corrected chi connectivity index (χ4v) is 3.82. The molecule has 1 fully saturated rings. The van der Waals surface area contributed by atoms with Gasteiger partial charge >= 0.3 is 0 Å². The van der Waals surface area contributed by atoms with Gasteiger partial charge in [-0.2, -0.15) is 0 Å². The summed E-state index contributed by atoms with van der Waals surface area (Å²) in [4.78, 5) is 28.4. The lowest BCUT2D eigenvalue weighted by Crippen LogP contribution is -2.30. The minimum atomic E-state index is -0.199. The Morgan fingerprint density at radius 2 is 1.54 bits per heavy atom. The van der Waals surface area contributed by atoms with Crippen LogP contribution in [0.2, 0.25) is 0 Å². The predicted octanol–water partition coefficient (Wildman–Crippen LogP) is 4.00. The van der Waals surface area contributed by atoms with Crippen molar-refractivity contribution in [1.29, 1.82) is 0 Å². The van der Waals surface area contributed by atoms with E-state index >= 15 is 0 Å². The first-order valence-corrected chi connectivity index (χ1v) is 9.58. The van der Waals surface area contributed by atoms with Crippen molar-refractivity contribution in [1.82, 2.24) is 4.57 Å². The van der Waals surface area contributed by atoms with E-state index in [-0.39, 0.29) is 11.5 Å². The van der Waals surface area contributed by atoms with Crippen LogP contribution in [-0.4, -0.2) is 23.6 Å². The number of hydrogen-bond donors (Lipinski definition) is 1. The van der Waals surface area contributed by atoms with Crippen molar-refractivity contribution in [2.45, 2.75) is 19.8 Å². The maximum absolute atomic E-state index is 13.3. The zero-order valence-corrected chi connectivity index (χ0v) is 15.9. The van der Waals surface area contributed by atoms with Crippen molar-refractivity contribution in [2.75, 3.05) is 23.3 Å². The molecule has 142 valence electrons. The van der Waals surface area contributed by atoms with E-state index in [2.05, 4.69) is 10.2 Å². The number of carbonyl (C=O) groups is 1. The van der Waals surface area contributed by atoms with E-state index in [4.69, 9.17) is 0 Å². The molecule has 1 aliphatic rings. The summed E-state index contributed by atoms with van der Waals surface area (Å²) in [5.74, 6) is -0.199. The molecule has 3 aromatic rings. The number of aromatic nitrogens is 1. The first-order valence-electron chi connectivity index (χ1n) is 9.58. The Kier molecular flexibility index (Phi) is 4.98. The molecular formula is C23H23N3O2. The fraction of sp³-hybridized carbons (Fsp3) is 0.217. The molecule has 0 unspecified atom stereocenters. The SMILES string of the molecule is Cc1c(C(=O)Nc2ccccc2)c(N2CCCC2)cc(=O)n1-c1ccccc1. The van der Waals surface area contributed by atoms with Crippen molar-refractivity contribution in [3.63, 3.8) is 0 Å². The first-order chi connectivity index (χ1) is 13.6. The molecule has 0 saturated carbocycles. The number of para-hydroxylation sites is 2. The van der Waals surface area contributed by atoms with Gasteiger partial charge in [0.05, 0.1) is 11.3 Å². The van der Waals surface area contributed by atoms with Gasteiger partial charge in [0.2, 0.25) is 0 Å². The van der Waals surface area contributed by atoms with E-state index in [1.165, 1.54) is 0 Å². The second kappa shape index (κ2) is 7.72. The summed E-state index contributed by atoms with van der Waals surface area (Å²) in [6.45, 7) is 3.56. The molecule has 0 aliphatic carbocycles. The van der Waals surface area contributed by atoms with Crippen LogP contribution in [0.25, 0.3) is 5.69 Å². The molecule has 0 bridgehead atoms. The van der Waals surface area contributed by atoms with Gasteiger partial charge in [-0.15, -0.1) is 0 Å². The van der Waals surface area contributed by atoms with E-state index in [1.54, 1.807) is 10.6 Å². The largest absolute Gasteiger partial charge is 0.371 e. The normalized spacial score (nSPS) is 13.5. The first kappa shape index (κ1) is 18.0. The maximum Gasteiger partial charge on any atom is 0.259 e. The number of hydrogen-bond acceptors (Lipinski definition) is 3. The molecule has 0 atom stereocenters. The van der Waals surface area contributed by atoms with E-state index in [9.17, 15) is 9.59 Å². The standard InChI is InChI=1S/C23H23N3O2/c1-17-22(23(28)24-18-10-4-2-5-11-18)20(25-14-8-9-15-25)16-21(27)26(17)19-12-6-3-7-13-19/h2-7,10-13,16H,8-9,14-15H2,1H3,(H,24,28). The van der Waals surface area contributed by atoms with Crippen LogP contribution in [0.15, 0.2) is 71.5 Å². The summed E-state index contributed by atoms with van der Waals surface area (Å²) in [6, 6.07) is 20.4. The zero-order chi connectivity index (χ0) is 19.5. The quantitative estimate of drug-likeness (QED) is 0.752. The van der Waals surface area contributed by atoms with Crippen LogP contribution in [0.4, 0.5) is 11.4 Å². The van der Waals surface area contributed by atoms with Gasteiger partial charge in [-0.1, -0.05) is 36.4 Å². The van der Waals surface area contributed by atoms with Gasteiger partial charge < -0.3 is 10.2 Å². The number of anilines is 2. The highest BCUT2D eigenvalue weighted by Gasteiger charge is 2.25. The fourth-order valence-electron chi connectivity index (χ4n) is 3.82. The number of pyridine rings is 1. The summed E-state index contributed by atoms with van der Waals surface area (Å²) >= 11 is 0. The Morgan fingerprint density at radius 3 is 2.18 bits per heavy atom. The van der Waals surface area contributed by atoms with Crippen LogP contribution < -0.4 is 15.8 Å². The topological polar surface area (TPSA) is 54.3 Å². The van der Waals surface area contributed by atoms with Crippen LogP contribution in [0.5, 0.6) is 0 Å². The number of nitrogens with one attached hydrogen (secondary N) is 1. The van der Waals surface area contributed by atoms with E-state index < -0.39 is 0 Å². The third-order valence-corrected chi connectivity index (χ3v) is 5.15. The third-order valence-electron chi connectivity index (χ3n) is 5.15. The van der Waals surface area contributed by atoms with Gasteiger partial charge in [0.15, 0.2) is 0 Å². The lowest BCUT2D eigenvalue weighted by molar-refractivity contribution is 0.102. The Bertz CT molecular complexity index is 1040. The van der Waals surface area contributed by atoms with E-state index in [1.807, 2.05) is 67.6 Å². The highest BCUT2D eigenvalue weighted by atomic mass is 16.2. The van der Waals surface area contributed by atoms with Gasteiger partial charge in [0, 0.05) is 36.2 Å². The number of rotatable bonds is 4. The minimum Gasteiger partial charge on any atom is -0.371 e. The smallest absolute Gasteiger partial charge is 0.259 e. The predicted molar refractivity (Wildman–Crippen MR) is 113 cm³/mol. The summed E-state index contributed by atoms with van der Waals surface area (Å²) in [6.07, 6.45) is 2.14. The van der Waals surface area contributed by atoms with Crippen molar-refractivity contribution in [3.05, 3.63) is 88.3 Å². The molecule has 2 heterocycles. The molecule has 1 amide bonds. The highest BCUT2D eigenvalue weighted by molar-refractivity contribution is 6.09. The molecule has 0 radical (unpaired) electrons. The number of nitrogens with zero attached hydrogens (tertiary/aromatic N) is 2. The van der Waals surface area contributed by atoms with Gasteiger partial charge in [-0.25, -0.2) is 0 Å². The van der Waals surface area contributed by atoms with Crippen molar-refractivity contribution in [3.8, 4) is 5.69 Å². The highest BCUT2D eigenvalue weighted by Crippen LogP contribution is 2.27. The van der Waals surface area contributed by atoms with Crippen molar-refractivity contribution in [2.24, 2.45) is 0 Å².